The Bertz CT molecular complexity index is 2180. The lowest BCUT2D eigenvalue weighted by Crippen LogP contribution is -2.37. The first kappa shape index (κ1) is 30.0. The van der Waals surface area contributed by atoms with Gasteiger partial charge in [-0.3, -0.25) is 0 Å². The maximum Gasteiger partial charge on any atom is 0.0988 e. The van der Waals surface area contributed by atoms with E-state index in [2.05, 4.69) is 39.3 Å². The van der Waals surface area contributed by atoms with Crippen molar-refractivity contribution in [2.75, 3.05) is 0 Å². The van der Waals surface area contributed by atoms with Crippen LogP contribution in [0.1, 0.15) is 0 Å². The van der Waals surface area contributed by atoms with Crippen LogP contribution in [0.5, 0.6) is 0 Å². The molecule has 0 saturated heterocycles. The van der Waals surface area contributed by atoms with E-state index in [1.54, 1.807) is 87.7 Å². The quantitative estimate of drug-likeness (QED) is 0.139. The first-order valence-corrected chi connectivity index (χ1v) is 22.6. The van der Waals surface area contributed by atoms with Crippen molar-refractivity contribution in [3.63, 3.8) is 0 Å². The minimum absolute atomic E-state index is 0.841. The van der Waals surface area contributed by atoms with Crippen LogP contribution in [0, 0.1) is 0 Å². The Hall–Kier alpha value is -5.33. The maximum atomic E-state index is 5.86. The Morgan fingerprint density at radius 1 is 0.229 bits per heavy atom. The number of hydrogen-bond acceptors (Lipinski definition) is 8. The zero-order valence-electron chi connectivity index (χ0n) is 27.5. The van der Waals surface area contributed by atoms with Gasteiger partial charge < -0.3 is 35.3 Å². The fraction of sp³-hybridized carbons (Fsp3) is 0.158. The molecule has 0 aliphatic heterocycles. The Morgan fingerprint density at radius 3 is 0.562 bits per heavy atom. The van der Waals surface area contributed by atoms with Crippen molar-refractivity contribution < 1.29 is 35.3 Å². The lowest BCUT2D eigenvalue weighted by atomic mass is 9.91. The summed E-state index contributed by atoms with van der Waals surface area (Å²) in [7, 11) is -3.38. The van der Waals surface area contributed by atoms with Crippen molar-refractivity contribution in [2.24, 2.45) is 0 Å². The predicted octanol–water partition coefficient (Wildman–Crippen LogP) is 11.2. The van der Waals surface area contributed by atoms with Crippen LogP contribution in [0.2, 0.25) is 39.3 Å². The minimum atomic E-state index is -1.69. The highest BCUT2D eigenvalue weighted by Crippen LogP contribution is 2.47. The smallest absolute Gasteiger partial charge is 0.0988 e. The van der Waals surface area contributed by atoms with Gasteiger partial charge in [0.1, 0.15) is 0 Å². The monoisotopic (exact) mass is 674 g/mol. The maximum absolute atomic E-state index is 5.86. The normalized spacial score (nSPS) is 12.4. The topological polar surface area (TPSA) is 105 Å². The summed E-state index contributed by atoms with van der Waals surface area (Å²) in [5.41, 5.74) is 12.6. The van der Waals surface area contributed by atoms with Gasteiger partial charge in [-0.2, -0.15) is 0 Å². The third-order valence-electron chi connectivity index (χ3n) is 8.94. The fourth-order valence-electron chi connectivity index (χ4n) is 6.46. The summed E-state index contributed by atoms with van der Waals surface area (Å²) >= 11 is 0. The highest BCUT2D eigenvalue weighted by Gasteiger charge is 2.29. The van der Waals surface area contributed by atoms with Crippen LogP contribution in [0.3, 0.4) is 0 Å². The summed E-state index contributed by atoms with van der Waals surface area (Å²) in [5.74, 6) is 0. The summed E-state index contributed by atoms with van der Waals surface area (Å²) in [5, 5.41) is 2.45. The van der Waals surface area contributed by atoms with E-state index in [0.717, 1.165) is 77.9 Å². The molecule has 8 aromatic rings. The summed E-state index contributed by atoms with van der Waals surface area (Å²) in [6, 6.07) is 0. The third-order valence-corrected chi connectivity index (χ3v) is 12.9. The van der Waals surface area contributed by atoms with Gasteiger partial charge in [0.15, 0.2) is 0 Å². The van der Waals surface area contributed by atoms with Crippen molar-refractivity contribution >= 4 is 26.5 Å². The molecule has 0 saturated carbocycles. The van der Waals surface area contributed by atoms with Crippen molar-refractivity contribution in [1.82, 2.24) is 0 Å². The van der Waals surface area contributed by atoms with Crippen molar-refractivity contribution in [3.05, 3.63) is 100 Å². The van der Waals surface area contributed by atoms with E-state index < -0.39 is 16.1 Å². The molecule has 8 nitrogen and oxygen atoms in total. The van der Waals surface area contributed by atoms with E-state index in [4.69, 9.17) is 35.3 Å². The lowest BCUT2D eigenvalue weighted by molar-refractivity contribution is 0.563. The van der Waals surface area contributed by atoms with Crippen LogP contribution >= 0.6 is 0 Å². The highest BCUT2D eigenvalue weighted by molar-refractivity contribution is 6.90. The first-order chi connectivity index (χ1) is 23.1. The van der Waals surface area contributed by atoms with Gasteiger partial charge in [-0.05, 0) is 10.4 Å². The van der Waals surface area contributed by atoms with Crippen LogP contribution < -0.4 is 10.4 Å². The summed E-state index contributed by atoms with van der Waals surface area (Å²) in [6.45, 7) is 13.8. The molecular weight excluding hydrogens is 641 g/mol. The minimum Gasteiger partial charge on any atom is -0.472 e. The molecule has 0 fully saturated rings. The van der Waals surface area contributed by atoms with E-state index in [0.29, 0.717) is 0 Å². The molecule has 0 unspecified atom stereocenters. The zero-order chi connectivity index (χ0) is 33.2. The molecule has 0 atom stereocenters. The van der Waals surface area contributed by atoms with Gasteiger partial charge in [-0.1, -0.05) is 39.3 Å². The molecule has 0 amide bonds. The van der Waals surface area contributed by atoms with E-state index in [-0.39, 0.29) is 0 Å². The molecule has 0 aliphatic carbocycles. The lowest BCUT2D eigenvalue weighted by Gasteiger charge is -2.16. The predicted molar refractivity (Wildman–Crippen MR) is 189 cm³/mol. The number of hydrogen-bond donors (Lipinski definition) is 0. The van der Waals surface area contributed by atoms with Crippen LogP contribution in [-0.4, -0.2) is 16.1 Å². The molecule has 8 aromatic heterocycles. The second-order valence-electron chi connectivity index (χ2n) is 14.1. The van der Waals surface area contributed by atoms with E-state index >= 15 is 0 Å². The number of furan rings is 8. The highest BCUT2D eigenvalue weighted by atomic mass is 28.3. The fourth-order valence-corrected chi connectivity index (χ4v) is 9.30. The third kappa shape index (κ3) is 4.87. The molecule has 0 radical (unpaired) electrons. The molecule has 0 spiro atoms. The molecule has 0 N–H and O–H groups in total. The van der Waals surface area contributed by atoms with Gasteiger partial charge in [0.25, 0.3) is 0 Å². The summed E-state index contributed by atoms with van der Waals surface area (Å²) in [6.07, 6.45) is 28.2. The Labute approximate surface area is 278 Å². The molecule has 8 rings (SSSR count). The Kier molecular flexibility index (Phi) is 6.97. The molecular formula is C38H34O8Si2. The second kappa shape index (κ2) is 11.1. The molecule has 242 valence electrons. The average molecular weight is 675 g/mol. The van der Waals surface area contributed by atoms with Gasteiger partial charge in [0.2, 0.25) is 0 Å². The Balaban J connectivity index is 1.20. The molecule has 0 aliphatic rings. The largest absolute Gasteiger partial charge is 0.472 e. The van der Waals surface area contributed by atoms with Gasteiger partial charge >= 0.3 is 0 Å². The van der Waals surface area contributed by atoms with Crippen molar-refractivity contribution in [2.45, 2.75) is 39.3 Å². The molecule has 48 heavy (non-hydrogen) atoms. The SMILES string of the molecule is C[Si](C)(C)c1cocc1-c1cocc1-c1cocc1-c1cocc1-c1cocc1-c1cocc1-c1cocc1-c1cocc1[Si](C)(C)C. The van der Waals surface area contributed by atoms with Gasteiger partial charge in [0.05, 0.1) is 116 Å². The molecule has 8 heterocycles. The van der Waals surface area contributed by atoms with E-state index in [1.807, 2.05) is 12.5 Å². The number of rotatable bonds is 9. The van der Waals surface area contributed by atoms with Crippen LogP contribution in [0.15, 0.2) is 136 Å². The van der Waals surface area contributed by atoms with Crippen LogP contribution in [0.25, 0.3) is 77.9 Å². The van der Waals surface area contributed by atoms with Crippen molar-refractivity contribution in [3.8, 4) is 77.9 Å². The van der Waals surface area contributed by atoms with Gasteiger partial charge in [-0.25, -0.2) is 0 Å². The molecule has 0 aromatic carbocycles. The van der Waals surface area contributed by atoms with Crippen LogP contribution in [0.4, 0.5) is 0 Å². The zero-order valence-corrected chi connectivity index (χ0v) is 29.5. The van der Waals surface area contributed by atoms with Crippen molar-refractivity contribution in [1.29, 1.82) is 0 Å². The van der Waals surface area contributed by atoms with Gasteiger partial charge in [-0.15, -0.1) is 0 Å². The molecule has 0 bridgehead atoms. The van der Waals surface area contributed by atoms with E-state index in [1.165, 1.54) is 10.4 Å². The summed E-state index contributed by atoms with van der Waals surface area (Å²) < 4.78 is 46.4. The average Bonchev–Trinajstić information content (AvgIpc) is 3.88. The second-order valence-corrected chi connectivity index (χ2v) is 24.2. The Morgan fingerprint density at radius 2 is 0.375 bits per heavy atom. The van der Waals surface area contributed by atoms with Crippen LogP contribution in [-0.2, 0) is 0 Å². The first-order valence-electron chi connectivity index (χ1n) is 15.6. The summed E-state index contributed by atoms with van der Waals surface area (Å²) in [4.78, 5) is 0. The molecule has 10 heteroatoms. The van der Waals surface area contributed by atoms with Gasteiger partial charge in [0, 0.05) is 77.9 Å². The standard InChI is InChI=1S/C38H34O8Si2/c1-47(2,3)37-21-45-19-35(37)33-17-43-15-31(33)29-13-41-11-27(29)25-9-39-7-23(25)24-8-40-10-26(24)28-12-42-14-30(28)32-16-44-18-34(32)36-20-46-22-38(36)48(4,5)6/h7-22H,1-6H3. The van der Waals surface area contributed by atoms with E-state index in [9.17, 15) is 0 Å².